The van der Waals surface area contributed by atoms with Crippen molar-refractivity contribution in [2.24, 2.45) is 5.92 Å². The molecule has 1 aliphatic heterocycles. The number of aryl methyl sites for hydroxylation is 1. The van der Waals surface area contributed by atoms with E-state index >= 15 is 0 Å². The minimum absolute atomic E-state index is 0.0193. The van der Waals surface area contributed by atoms with Gasteiger partial charge in [0, 0.05) is 45.1 Å². The normalized spacial score (nSPS) is 21.2. The molecule has 0 spiro atoms. The van der Waals surface area contributed by atoms with Crippen molar-refractivity contribution in [1.29, 1.82) is 0 Å². The predicted octanol–water partition coefficient (Wildman–Crippen LogP) is 19.4. The lowest BCUT2D eigenvalue weighted by Crippen LogP contribution is -2.33. The fourth-order valence-electron chi connectivity index (χ4n) is 14.0. The summed E-state index contributed by atoms with van der Waals surface area (Å²) in [5.74, 6) is 1.88. The first kappa shape index (κ1) is 45.8. The molecule has 0 saturated carbocycles. The Labute approximate surface area is 442 Å². The van der Waals surface area contributed by atoms with Crippen LogP contribution < -0.4 is 14.5 Å². The Morgan fingerprint density at radius 2 is 1.43 bits per heavy atom. The summed E-state index contributed by atoms with van der Waals surface area (Å²) in [4.78, 5) is 5.35. The van der Waals surface area contributed by atoms with E-state index in [-0.39, 0.29) is 23.8 Å². The minimum atomic E-state index is -0.465. The van der Waals surface area contributed by atoms with Crippen molar-refractivity contribution in [3.63, 3.8) is 0 Å². The fraction of sp³-hybridized carbons (Fsp3) is 0.239. The lowest BCUT2D eigenvalue weighted by atomic mass is 9.70. The van der Waals surface area contributed by atoms with Crippen LogP contribution >= 0.6 is 0 Å². The average molecular weight is 977 g/mol. The van der Waals surface area contributed by atoms with Crippen LogP contribution in [0.3, 0.4) is 0 Å². The van der Waals surface area contributed by atoms with Crippen molar-refractivity contribution in [3.05, 3.63) is 244 Å². The topological polar surface area (TPSA) is 28.9 Å². The number of furan rings is 1. The molecule has 1 aromatic heterocycles. The second kappa shape index (κ2) is 17.9. The van der Waals surface area contributed by atoms with Gasteiger partial charge in [0.2, 0.25) is 0 Å². The molecule has 4 unspecified atom stereocenters. The molecule has 4 atom stereocenters. The van der Waals surface area contributed by atoms with Crippen LogP contribution in [0.5, 0.6) is 5.75 Å². The summed E-state index contributed by atoms with van der Waals surface area (Å²) in [6, 6.07) is 50.1. The number of anilines is 4. The van der Waals surface area contributed by atoms with Crippen molar-refractivity contribution in [1.82, 2.24) is 0 Å². The number of rotatable bonds is 10. The van der Waals surface area contributed by atoms with Crippen LogP contribution in [0.1, 0.15) is 129 Å². The van der Waals surface area contributed by atoms with Crippen molar-refractivity contribution in [2.75, 3.05) is 9.80 Å². The summed E-state index contributed by atoms with van der Waals surface area (Å²) in [7, 11) is 0. The van der Waals surface area contributed by atoms with Gasteiger partial charge in [-0.1, -0.05) is 185 Å². The number of nitrogens with zero attached hydrogens (tertiary/aromatic N) is 2. The summed E-state index contributed by atoms with van der Waals surface area (Å²) in [6.45, 7) is 11.9. The van der Waals surface area contributed by atoms with Crippen LogP contribution in [0, 0.1) is 5.92 Å². The summed E-state index contributed by atoms with van der Waals surface area (Å²) in [5.41, 5.74) is 21.3. The third kappa shape index (κ3) is 7.23. The quantitative estimate of drug-likeness (QED) is 0.137. The zero-order chi connectivity index (χ0) is 50.5. The zero-order valence-electron chi connectivity index (χ0n) is 43.8. The van der Waals surface area contributed by atoms with E-state index < -0.39 is 5.60 Å². The molecule has 4 heteroatoms. The van der Waals surface area contributed by atoms with Crippen molar-refractivity contribution >= 4 is 66.6 Å². The van der Waals surface area contributed by atoms with Gasteiger partial charge in [-0.15, -0.1) is 0 Å². The first-order valence-corrected chi connectivity index (χ1v) is 27.6. The van der Waals surface area contributed by atoms with Crippen LogP contribution in [-0.2, 0) is 6.42 Å². The van der Waals surface area contributed by atoms with Crippen molar-refractivity contribution in [2.45, 2.75) is 103 Å². The first-order chi connectivity index (χ1) is 36.8. The Hall–Kier alpha value is -7.82. The van der Waals surface area contributed by atoms with Gasteiger partial charge in [0.05, 0.1) is 23.1 Å². The van der Waals surface area contributed by atoms with Crippen LogP contribution in [0.25, 0.3) is 43.9 Å². The van der Waals surface area contributed by atoms with Crippen LogP contribution in [0.15, 0.2) is 210 Å². The van der Waals surface area contributed by atoms with E-state index in [1.54, 1.807) is 11.1 Å². The first-order valence-electron chi connectivity index (χ1n) is 27.6. The van der Waals surface area contributed by atoms with E-state index in [4.69, 9.17) is 9.15 Å². The molecule has 6 aliphatic rings. The van der Waals surface area contributed by atoms with Gasteiger partial charge in [0.25, 0.3) is 0 Å². The number of hydrogen-bond donors (Lipinski definition) is 0. The second-order valence-corrected chi connectivity index (χ2v) is 22.5. The average Bonchev–Trinajstić information content (AvgIpc) is 4.00. The number of hydrogen-bond acceptors (Lipinski definition) is 4. The molecule has 8 aromatic rings. The molecule has 0 N–H and O–H groups in total. The zero-order valence-corrected chi connectivity index (χ0v) is 43.8. The fourth-order valence-corrected chi connectivity index (χ4v) is 14.0. The standard InChI is InChI=1S/C71H64N2O2/c1-44(2)57-42-64(72(60-32-15-12-26-48(60)46-22-8-6-9-23-46)62-34-20-29-53-50-28-14-17-36-66(50)74-69(53)62)55-39-37-52-58(45(3)4)43-65(56-40-38-51(57)67(55)68(52)56)73(61-33-16-13-27-49(61)47-24-10-7-11-25-47)63-35-21-30-54-59-31-18-19-41-71(59,5)75-70(54)63/h6-10,12-24,27-36,38,40-42,44-45,48,59,65H,11,25-26,37,39,43H2,1-5H3. The smallest absolute Gasteiger partial charge is 0.159 e. The molecule has 4 nitrogen and oxygen atoms in total. The molecule has 0 fully saturated rings. The number of para-hydroxylation sites is 4. The Morgan fingerprint density at radius 1 is 0.640 bits per heavy atom. The summed E-state index contributed by atoms with van der Waals surface area (Å²) in [5, 5.41) is 5.06. The molecule has 2 heterocycles. The third-order valence-corrected chi connectivity index (χ3v) is 17.6. The molecule has 75 heavy (non-hydrogen) atoms. The van der Waals surface area contributed by atoms with Crippen LogP contribution in [0.4, 0.5) is 22.7 Å². The molecular formula is C71H64N2O2. The van der Waals surface area contributed by atoms with E-state index in [0.29, 0.717) is 5.92 Å². The van der Waals surface area contributed by atoms with Gasteiger partial charge >= 0.3 is 0 Å². The molecule has 14 rings (SSSR count). The highest BCUT2D eigenvalue weighted by Crippen LogP contribution is 2.60. The second-order valence-electron chi connectivity index (χ2n) is 22.5. The lowest BCUT2D eigenvalue weighted by molar-refractivity contribution is 0.155. The molecule has 0 saturated heterocycles. The van der Waals surface area contributed by atoms with E-state index in [2.05, 4.69) is 239 Å². The monoisotopic (exact) mass is 976 g/mol. The highest BCUT2D eigenvalue weighted by Gasteiger charge is 2.46. The SMILES string of the molecule is CC(C)C1=C2CCc3c(N(C4=CC=CCC4c4ccccc4)c4cccc5c4oc4ccccc45)cc(C(C)C)c4ccc(c2c34)C(N(c2ccccc2C2=CC=CCC2)c2cccc3c2OC2(C)C=CC=CC32)C1. The van der Waals surface area contributed by atoms with Gasteiger partial charge in [-0.3, -0.25) is 0 Å². The van der Waals surface area contributed by atoms with Gasteiger partial charge in [0.1, 0.15) is 16.9 Å². The summed E-state index contributed by atoms with van der Waals surface area (Å²) < 4.78 is 14.3. The molecule has 370 valence electrons. The molecule has 0 amide bonds. The summed E-state index contributed by atoms with van der Waals surface area (Å²) >= 11 is 0. The molecule has 0 radical (unpaired) electrons. The van der Waals surface area contributed by atoms with Gasteiger partial charge in [0.15, 0.2) is 5.58 Å². The van der Waals surface area contributed by atoms with Crippen molar-refractivity contribution < 1.29 is 9.15 Å². The Kier molecular flexibility index (Phi) is 10.9. The number of ether oxygens (including phenoxy) is 1. The molecule has 0 bridgehead atoms. The number of benzene rings is 7. The maximum absolute atomic E-state index is 7.33. The number of allylic oxidation sites excluding steroid dienone is 11. The van der Waals surface area contributed by atoms with Crippen molar-refractivity contribution in [3.8, 4) is 5.75 Å². The summed E-state index contributed by atoms with van der Waals surface area (Å²) in [6.07, 6.45) is 28.6. The van der Waals surface area contributed by atoms with Crippen LogP contribution in [-0.4, -0.2) is 5.60 Å². The van der Waals surface area contributed by atoms with E-state index in [1.807, 2.05) is 0 Å². The predicted molar refractivity (Wildman–Crippen MR) is 314 cm³/mol. The van der Waals surface area contributed by atoms with E-state index in [1.165, 1.54) is 72.4 Å². The Morgan fingerprint density at radius 3 is 2.28 bits per heavy atom. The largest absolute Gasteiger partial charge is 0.480 e. The van der Waals surface area contributed by atoms with E-state index in [0.717, 1.165) is 77.6 Å². The molecule has 7 aromatic carbocycles. The maximum atomic E-state index is 7.33. The molecular weight excluding hydrogens is 913 g/mol. The Bertz CT molecular complexity index is 3870. The lowest BCUT2D eigenvalue weighted by Gasteiger charge is -2.44. The van der Waals surface area contributed by atoms with Gasteiger partial charge in [-0.25, -0.2) is 0 Å². The third-order valence-electron chi connectivity index (χ3n) is 17.6. The van der Waals surface area contributed by atoms with Gasteiger partial charge in [-0.2, -0.15) is 0 Å². The highest BCUT2D eigenvalue weighted by molar-refractivity contribution is 6.11. The molecule has 5 aliphatic carbocycles. The van der Waals surface area contributed by atoms with Gasteiger partial charge < -0.3 is 19.0 Å². The van der Waals surface area contributed by atoms with Gasteiger partial charge in [-0.05, 0) is 150 Å². The highest BCUT2D eigenvalue weighted by atomic mass is 16.5. The Balaban J connectivity index is 1.06. The minimum Gasteiger partial charge on any atom is -0.480 e. The van der Waals surface area contributed by atoms with E-state index in [9.17, 15) is 0 Å². The maximum Gasteiger partial charge on any atom is 0.159 e. The van der Waals surface area contributed by atoms with Crippen LogP contribution in [0.2, 0.25) is 0 Å². The number of fused-ring (bicyclic) bond motifs is 6.